The van der Waals surface area contributed by atoms with Crippen LogP contribution in [0.5, 0.6) is 0 Å². The van der Waals surface area contributed by atoms with Crippen molar-refractivity contribution < 1.29 is 35.8 Å². The summed E-state index contributed by atoms with van der Waals surface area (Å²) >= 11 is 0. The Morgan fingerprint density at radius 2 is 1.76 bits per heavy atom. The molecule has 0 radical (unpaired) electrons. The van der Waals surface area contributed by atoms with Gasteiger partial charge in [0.15, 0.2) is 23.2 Å². The van der Waals surface area contributed by atoms with Crippen LogP contribution in [0.3, 0.4) is 0 Å². The van der Waals surface area contributed by atoms with Gasteiger partial charge in [0.1, 0.15) is 5.56 Å². The molecule has 0 saturated carbocycles. The van der Waals surface area contributed by atoms with Crippen LogP contribution in [0.2, 0.25) is 0 Å². The number of aryl methyl sites for hydroxylation is 1. The molecule has 0 fully saturated rings. The second kappa shape index (κ2) is 8.13. The van der Waals surface area contributed by atoms with Gasteiger partial charge in [-0.05, 0) is 38.5 Å². The molecule has 0 aliphatic heterocycles. The van der Waals surface area contributed by atoms with E-state index in [4.69, 9.17) is 0 Å². The molecule has 0 aliphatic rings. The number of alkyl halides is 2. The maximum absolute atomic E-state index is 14.1. The lowest BCUT2D eigenvalue weighted by Crippen LogP contribution is -2.21. The minimum absolute atomic E-state index is 0.0322. The number of hydrogen-bond donors (Lipinski definition) is 0. The summed E-state index contributed by atoms with van der Waals surface area (Å²) in [6, 6.07) is 1.50. The summed E-state index contributed by atoms with van der Waals surface area (Å²) in [6.45, 7) is 6.81. The lowest BCUT2D eigenvalue weighted by molar-refractivity contribution is -0.225. The Bertz CT molecular complexity index is 722. The Morgan fingerprint density at radius 1 is 1.16 bits per heavy atom. The van der Waals surface area contributed by atoms with E-state index in [2.05, 4.69) is 16.1 Å². The fourth-order valence-electron chi connectivity index (χ4n) is 1.76. The predicted molar refractivity (Wildman–Crippen MR) is 79.8 cm³/mol. The smallest absolute Gasteiger partial charge is 0.429 e. The van der Waals surface area contributed by atoms with Crippen LogP contribution < -0.4 is 0 Å². The van der Waals surface area contributed by atoms with Crippen molar-refractivity contribution in [1.29, 1.82) is 0 Å². The fourth-order valence-corrected chi connectivity index (χ4v) is 1.76. The van der Waals surface area contributed by atoms with Crippen molar-refractivity contribution in [2.75, 3.05) is 6.61 Å². The first-order valence-corrected chi connectivity index (χ1v) is 7.12. The minimum atomic E-state index is -4.45. The van der Waals surface area contributed by atoms with Crippen LogP contribution in [0, 0.1) is 18.6 Å². The summed E-state index contributed by atoms with van der Waals surface area (Å²) in [5.74, 6) is -8.74. The summed E-state index contributed by atoms with van der Waals surface area (Å²) in [4.78, 5) is 0. The van der Waals surface area contributed by atoms with E-state index in [0.717, 1.165) is 13.0 Å². The number of benzene rings is 1. The molecular weight excluding hydrogens is 350 g/mol. The third kappa shape index (κ3) is 4.58. The molecule has 0 spiro atoms. The SMILES string of the molecule is C=C(OCC)/C(F)=C(F)\C(=C/C)OC(F)(F)c1ccc(C)c(F)c1F. The molecule has 0 bridgehead atoms. The zero-order chi connectivity index (χ0) is 19.4. The van der Waals surface area contributed by atoms with Gasteiger partial charge in [0.05, 0.1) is 6.61 Å². The van der Waals surface area contributed by atoms with Gasteiger partial charge in [0.2, 0.25) is 11.7 Å². The molecule has 0 unspecified atom stereocenters. The Balaban J connectivity index is 3.22. The highest BCUT2D eigenvalue weighted by Gasteiger charge is 2.40. The van der Waals surface area contributed by atoms with E-state index in [-0.39, 0.29) is 12.2 Å². The lowest BCUT2D eigenvalue weighted by atomic mass is 10.1. The molecule has 1 aromatic carbocycles. The zero-order valence-electron chi connectivity index (χ0n) is 13.7. The van der Waals surface area contributed by atoms with E-state index < -0.39 is 46.5 Å². The third-order valence-electron chi connectivity index (χ3n) is 3.06. The van der Waals surface area contributed by atoms with Gasteiger partial charge in [-0.3, -0.25) is 0 Å². The summed E-state index contributed by atoms with van der Waals surface area (Å²) < 4.78 is 91.9. The first-order chi connectivity index (χ1) is 11.6. The van der Waals surface area contributed by atoms with Crippen LogP contribution in [0.1, 0.15) is 25.0 Å². The van der Waals surface area contributed by atoms with Crippen molar-refractivity contribution in [3.05, 3.63) is 70.7 Å². The molecule has 0 heterocycles. The summed E-state index contributed by atoms with van der Waals surface area (Å²) in [7, 11) is 0. The first-order valence-electron chi connectivity index (χ1n) is 7.12. The Morgan fingerprint density at radius 3 is 2.28 bits per heavy atom. The molecule has 1 aromatic rings. The number of halogens is 6. The van der Waals surface area contributed by atoms with Crippen molar-refractivity contribution in [3.8, 4) is 0 Å². The average Bonchev–Trinajstić information content (AvgIpc) is 2.56. The maximum atomic E-state index is 14.1. The maximum Gasteiger partial charge on any atom is 0.429 e. The molecule has 1 rings (SSSR count). The summed E-state index contributed by atoms with van der Waals surface area (Å²) in [5.41, 5.74) is -1.65. The van der Waals surface area contributed by atoms with Crippen LogP contribution in [0.25, 0.3) is 0 Å². The predicted octanol–water partition coefficient (Wildman–Crippen LogP) is 5.94. The van der Waals surface area contributed by atoms with Crippen LogP contribution >= 0.6 is 0 Å². The quantitative estimate of drug-likeness (QED) is 0.338. The minimum Gasteiger partial charge on any atom is -0.491 e. The van der Waals surface area contributed by atoms with Crippen LogP contribution in [0.15, 0.2) is 48.0 Å². The van der Waals surface area contributed by atoms with E-state index in [1.54, 1.807) is 0 Å². The molecule has 0 atom stereocenters. The van der Waals surface area contributed by atoms with E-state index in [0.29, 0.717) is 12.1 Å². The van der Waals surface area contributed by atoms with Gasteiger partial charge in [-0.1, -0.05) is 12.6 Å². The first kappa shape index (κ1) is 20.7. The Kier molecular flexibility index (Phi) is 6.72. The molecule has 25 heavy (non-hydrogen) atoms. The largest absolute Gasteiger partial charge is 0.491 e. The van der Waals surface area contributed by atoms with Gasteiger partial charge < -0.3 is 9.47 Å². The molecule has 2 nitrogen and oxygen atoms in total. The van der Waals surface area contributed by atoms with Crippen molar-refractivity contribution in [3.63, 3.8) is 0 Å². The summed E-state index contributed by atoms with van der Waals surface area (Å²) in [6.07, 6.45) is -3.75. The van der Waals surface area contributed by atoms with E-state index >= 15 is 0 Å². The molecule has 0 aromatic heterocycles. The van der Waals surface area contributed by atoms with Crippen molar-refractivity contribution >= 4 is 0 Å². The van der Waals surface area contributed by atoms with Crippen LogP contribution in [-0.2, 0) is 15.6 Å². The lowest BCUT2D eigenvalue weighted by Gasteiger charge is -2.20. The zero-order valence-corrected chi connectivity index (χ0v) is 13.7. The van der Waals surface area contributed by atoms with Gasteiger partial charge in [0.25, 0.3) is 0 Å². The van der Waals surface area contributed by atoms with E-state index in [1.165, 1.54) is 13.8 Å². The van der Waals surface area contributed by atoms with Crippen molar-refractivity contribution in [2.24, 2.45) is 0 Å². The topological polar surface area (TPSA) is 18.5 Å². The molecule has 0 N–H and O–H groups in total. The molecular formula is C17H16F6O2. The van der Waals surface area contributed by atoms with Gasteiger partial charge in [0, 0.05) is 0 Å². The number of ether oxygens (including phenoxy) is 2. The monoisotopic (exact) mass is 366 g/mol. The van der Waals surface area contributed by atoms with Gasteiger partial charge >= 0.3 is 6.11 Å². The van der Waals surface area contributed by atoms with Crippen molar-refractivity contribution in [2.45, 2.75) is 26.9 Å². The van der Waals surface area contributed by atoms with Crippen LogP contribution in [0.4, 0.5) is 26.3 Å². The molecule has 0 saturated heterocycles. The third-order valence-corrected chi connectivity index (χ3v) is 3.06. The number of hydrogen-bond acceptors (Lipinski definition) is 2. The highest BCUT2D eigenvalue weighted by Crippen LogP contribution is 2.37. The van der Waals surface area contributed by atoms with Gasteiger partial charge in [-0.15, -0.1) is 0 Å². The molecule has 8 heteroatoms. The van der Waals surface area contributed by atoms with Gasteiger partial charge in [-0.2, -0.15) is 17.6 Å². The van der Waals surface area contributed by atoms with Gasteiger partial charge in [-0.25, -0.2) is 8.78 Å². The standard InChI is InChI=1S/C17H16F6O2/c1-5-12(16(21)14(19)10(4)24-6-2)25-17(22,23)11-8-7-9(3)13(18)15(11)20/h5,7-8H,4,6H2,1-3H3/b12-5+,16-14-. The highest BCUT2D eigenvalue weighted by molar-refractivity contribution is 5.32. The second-order valence-electron chi connectivity index (χ2n) is 4.81. The van der Waals surface area contributed by atoms with Crippen molar-refractivity contribution in [1.82, 2.24) is 0 Å². The number of allylic oxidation sites excluding steroid dienone is 3. The highest BCUT2D eigenvalue weighted by atomic mass is 19.3. The fraction of sp³-hybridized carbons (Fsp3) is 0.294. The Hall–Kier alpha value is -2.38. The molecule has 138 valence electrons. The van der Waals surface area contributed by atoms with E-state index in [1.807, 2.05) is 0 Å². The second-order valence-corrected chi connectivity index (χ2v) is 4.81. The molecule has 0 aliphatic carbocycles. The molecule has 0 amide bonds. The normalized spacial score (nSPS) is 13.4. The van der Waals surface area contributed by atoms with E-state index in [9.17, 15) is 26.3 Å². The summed E-state index contributed by atoms with van der Waals surface area (Å²) in [5, 5.41) is 0. The van der Waals surface area contributed by atoms with Crippen LogP contribution in [-0.4, -0.2) is 6.61 Å². The average molecular weight is 366 g/mol. The Labute approximate surface area is 141 Å². The number of rotatable bonds is 7.